The van der Waals surface area contributed by atoms with Gasteiger partial charge in [-0.1, -0.05) is 12.1 Å². The molecule has 0 aromatic heterocycles. The molecule has 0 radical (unpaired) electrons. The predicted octanol–water partition coefficient (Wildman–Crippen LogP) is 2.10. The first-order valence-corrected chi connectivity index (χ1v) is 7.05. The lowest BCUT2D eigenvalue weighted by Crippen LogP contribution is -2.17. The number of amides is 1. The molecule has 0 aliphatic carbocycles. The number of thioether (sulfide) groups is 1. The number of anilines is 1. The zero-order chi connectivity index (χ0) is 13.4. The van der Waals surface area contributed by atoms with Crippen LogP contribution in [-0.2, 0) is 4.79 Å². The number of nitrogens with one attached hydrogen (secondary N) is 1. The highest BCUT2D eigenvalue weighted by molar-refractivity contribution is 7.99. The van der Waals surface area contributed by atoms with Gasteiger partial charge in [0, 0.05) is 6.04 Å². The molecule has 1 aromatic carbocycles. The van der Waals surface area contributed by atoms with E-state index >= 15 is 0 Å². The fourth-order valence-corrected chi connectivity index (χ4v) is 2.31. The monoisotopic (exact) mass is 268 g/mol. The van der Waals surface area contributed by atoms with Crippen molar-refractivity contribution >= 4 is 23.4 Å². The number of methoxy groups -OCH3 is 1. The van der Waals surface area contributed by atoms with Crippen molar-refractivity contribution in [3.63, 3.8) is 0 Å². The lowest BCUT2D eigenvalue weighted by Gasteiger charge is -2.09. The van der Waals surface area contributed by atoms with Gasteiger partial charge in [-0.05, 0) is 31.2 Å². The van der Waals surface area contributed by atoms with Gasteiger partial charge in [0.25, 0.3) is 0 Å². The maximum absolute atomic E-state index is 11.7. The average molecular weight is 268 g/mol. The van der Waals surface area contributed by atoms with Crippen molar-refractivity contribution in [2.75, 3.05) is 23.9 Å². The largest absolute Gasteiger partial charge is 0.495 e. The van der Waals surface area contributed by atoms with Crippen LogP contribution in [0.4, 0.5) is 5.69 Å². The van der Waals surface area contributed by atoms with E-state index < -0.39 is 0 Å². The third kappa shape index (κ3) is 5.42. The SMILES string of the molecule is COc1ccccc1NC(=O)CSCCC(C)N. The summed E-state index contributed by atoms with van der Waals surface area (Å²) in [5, 5.41) is 2.83. The first-order valence-electron chi connectivity index (χ1n) is 5.89. The Morgan fingerprint density at radius 2 is 2.22 bits per heavy atom. The minimum absolute atomic E-state index is 0.0193. The summed E-state index contributed by atoms with van der Waals surface area (Å²) < 4.78 is 5.17. The Bertz CT molecular complexity index is 383. The first kappa shape index (κ1) is 14.9. The summed E-state index contributed by atoms with van der Waals surface area (Å²) in [5.41, 5.74) is 6.35. The van der Waals surface area contributed by atoms with Gasteiger partial charge in [-0.3, -0.25) is 4.79 Å². The second-order valence-electron chi connectivity index (χ2n) is 4.07. The molecule has 0 saturated heterocycles. The van der Waals surface area contributed by atoms with Gasteiger partial charge in [0.2, 0.25) is 5.91 Å². The number of ether oxygens (including phenoxy) is 1. The van der Waals surface area contributed by atoms with Crippen LogP contribution >= 0.6 is 11.8 Å². The molecule has 0 aliphatic heterocycles. The van der Waals surface area contributed by atoms with Gasteiger partial charge < -0.3 is 15.8 Å². The Morgan fingerprint density at radius 3 is 2.89 bits per heavy atom. The molecule has 0 aliphatic rings. The smallest absolute Gasteiger partial charge is 0.234 e. The number of carbonyl (C=O) groups excluding carboxylic acids is 1. The Balaban J connectivity index is 2.35. The van der Waals surface area contributed by atoms with E-state index in [9.17, 15) is 4.79 Å². The summed E-state index contributed by atoms with van der Waals surface area (Å²) in [6, 6.07) is 7.56. The first-order chi connectivity index (χ1) is 8.63. The Labute approximate surface area is 112 Å². The zero-order valence-electron chi connectivity index (χ0n) is 10.8. The van der Waals surface area contributed by atoms with Crippen molar-refractivity contribution < 1.29 is 9.53 Å². The molecule has 1 unspecified atom stereocenters. The average Bonchev–Trinajstić information content (AvgIpc) is 2.35. The minimum Gasteiger partial charge on any atom is -0.495 e. The minimum atomic E-state index is -0.0193. The van der Waals surface area contributed by atoms with Crippen LogP contribution in [0, 0.1) is 0 Å². The van der Waals surface area contributed by atoms with E-state index in [2.05, 4.69) is 5.32 Å². The van der Waals surface area contributed by atoms with Crippen LogP contribution in [0.25, 0.3) is 0 Å². The molecule has 4 nitrogen and oxygen atoms in total. The number of para-hydroxylation sites is 2. The van der Waals surface area contributed by atoms with Crippen LogP contribution in [0.3, 0.4) is 0 Å². The van der Waals surface area contributed by atoms with Crippen molar-refractivity contribution in [3.05, 3.63) is 24.3 Å². The number of hydrogen-bond acceptors (Lipinski definition) is 4. The molecular formula is C13H20N2O2S. The highest BCUT2D eigenvalue weighted by atomic mass is 32.2. The summed E-state index contributed by atoms with van der Waals surface area (Å²) in [6.07, 6.45) is 0.923. The van der Waals surface area contributed by atoms with Gasteiger partial charge in [0.15, 0.2) is 0 Å². The molecule has 0 spiro atoms. The van der Waals surface area contributed by atoms with Crippen LogP contribution < -0.4 is 15.8 Å². The molecule has 18 heavy (non-hydrogen) atoms. The molecule has 5 heteroatoms. The van der Waals surface area contributed by atoms with E-state index in [4.69, 9.17) is 10.5 Å². The number of benzene rings is 1. The molecule has 0 saturated carbocycles. The third-order valence-electron chi connectivity index (χ3n) is 2.33. The number of hydrogen-bond donors (Lipinski definition) is 2. The van der Waals surface area contributed by atoms with Gasteiger partial charge in [-0.2, -0.15) is 11.8 Å². The Hall–Kier alpha value is -1.20. The van der Waals surface area contributed by atoms with Gasteiger partial charge in [-0.25, -0.2) is 0 Å². The van der Waals surface area contributed by atoms with Crippen molar-refractivity contribution in [1.29, 1.82) is 0 Å². The van der Waals surface area contributed by atoms with Crippen LogP contribution in [0.5, 0.6) is 5.75 Å². The van der Waals surface area contributed by atoms with Crippen molar-refractivity contribution in [2.24, 2.45) is 5.73 Å². The van der Waals surface area contributed by atoms with Crippen molar-refractivity contribution in [1.82, 2.24) is 0 Å². The summed E-state index contributed by atoms with van der Waals surface area (Å²) in [6.45, 7) is 1.97. The van der Waals surface area contributed by atoms with E-state index in [0.29, 0.717) is 17.2 Å². The van der Waals surface area contributed by atoms with Crippen molar-refractivity contribution in [2.45, 2.75) is 19.4 Å². The fourth-order valence-electron chi connectivity index (χ4n) is 1.37. The summed E-state index contributed by atoms with van der Waals surface area (Å²) in [7, 11) is 1.59. The second-order valence-corrected chi connectivity index (χ2v) is 5.17. The van der Waals surface area contributed by atoms with Gasteiger partial charge >= 0.3 is 0 Å². The predicted molar refractivity (Wildman–Crippen MR) is 77.2 cm³/mol. The normalized spacial score (nSPS) is 11.9. The molecule has 3 N–H and O–H groups in total. The lowest BCUT2D eigenvalue weighted by atomic mass is 10.3. The van der Waals surface area contributed by atoms with E-state index in [0.717, 1.165) is 12.2 Å². The van der Waals surface area contributed by atoms with E-state index in [1.165, 1.54) is 0 Å². The standard InChI is InChI=1S/C13H20N2O2S/c1-10(14)7-8-18-9-13(16)15-11-5-3-4-6-12(11)17-2/h3-6,10H,7-9,14H2,1-2H3,(H,15,16). The quantitative estimate of drug-likeness (QED) is 0.743. The summed E-state index contributed by atoms with van der Waals surface area (Å²) in [4.78, 5) is 11.7. The summed E-state index contributed by atoms with van der Waals surface area (Å²) in [5.74, 6) is 1.99. The summed E-state index contributed by atoms with van der Waals surface area (Å²) >= 11 is 1.59. The van der Waals surface area contributed by atoms with Crippen molar-refractivity contribution in [3.8, 4) is 5.75 Å². The number of rotatable bonds is 7. The molecule has 0 bridgehead atoms. The maximum atomic E-state index is 11.7. The fraction of sp³-hybridized carbons (Fsp3) is 0.462. The molecule has 1 atom stereocenters. The Morgan fingerprint density at radius 1 is 1.50 bits per heavy atom. The molecule has 0 fully saturated rings. The molecule has 1 aromatic rings. The van der Waals surface area contributed by atoms with E-state index in [1.807, 2.05) is 31.2 Å². The number of nitrogens with two attached hydrogens (primary N) is 1. The maximum Gasteiger partial charge on any atom is 0.234 e. The van der Waals surface area contributed by atoms with Gasteiger partial charge in [0.05, 0.1) is 18.6 Å². The number of carbonyl (C=O) groups is 1. The van der Waals surface area contributed by atoms with Crippen LogP contribution in [-0.4, -0.2) is 30.6 Å². The molecule has 1 rings (SSSR count). The highest BCUT2D eigenvalue weighted by Crippen LogP contribution is 2.23. The zero-order valence-corrected chi connectivity index (χ0v) is 11.6. The Kier molecular flexibility index (Phi) is 6.60. The van der Waals surface area contributed by atoms with Gasteiger partial charge in [0.1, 0.15) is 5.75 Å². The van der Waals surface area contributed by atoms with Crippen LogP contribution in [0.2, 0.25) is 0 Å². The molecule has 0 heterocycles. The highest BCUT2D eigenvalue weighted by Gasteiger charge is 2.06. The topological polar surface area (TPSA) is 64.3 Å². The van der Waals surface area contributed by atoms with E-state index in [1.54, 1.807) is 18.9 Å². The van der Waals surface area contributed by atoms with E-state index in [-0.39, 0.29) is 11.9 Å². The van der Waals surface area contributed by atoms with Gasteiger partial charge in [-0.15, -0.1) is 0 Å². The molecule has 100 valence electrons. The second kappa shape index (κ2) is 8.00. The molecule has 1 amide bonds. The molecular weight excluding hydrogens is 248 g/mol. The van der Waals surface area contributed by atoms with Crippen LogP contribution in [0.1, 0.15) is 13.3 Å². The van der Waals surface area contributed by atoms with Crippen LogP contribution in [0.15, 0.2) is 24.3 Å². The lowest BCUT2D eigenvalue weighted by molar-refractivity contribution is -0.113. The third-order valence-corrected chi connectivity index (χ3v) is 3.32.